The van der Waals surface area contributed by atoms with Crippen molar-refractivity contribution in [2.75, 3.05) is 18.5 Å². The average Bonchev–Trinajstić information content (AvgIpc) is 2.71. The summed E-state index contributed by atoms with van der Waals surface area (Å²) in [7, 11) is 0. The minimum atomic E-state index is -0.945. The molecule has 2 aromatic rings. The lowest BCUT2D eigenvalue weighted by Crippen LogP contribution is -2.30. The van der Waals surface area contributed by atoms with Gasteiger partial charge in [-0.1, -0.05) is 31.0 Å². The molecule has 0 spiro atoms. The highest BCUT2D eigenvalue weighted by Crippen LogP contribution is 2.29. The van der Waals surface area contributed by atoms with Crippen LogP contribution in [-0.2, 0) is 9.53 Å². The molecule has 0 unspecified atom stereocenters. The molecule has 29 heavy (non-hydrogen) atoms. The lowest BCUT2D eigenvalue weighted by Gasteiger charge is -2.15. The fraction of sp³-hybridized carbons (Fsp3) is 0.391. The normalized spacial score (nSPS) is 11.4. The van der Waals surface area contributed by atoms with Gasteiger partial charge in [-0.3, -0.25) is 4.79 Å². The van der Waals surface area contributed by atoms with E-state index in [2.05, 4.69) is 12.2 Å². The largest absolute Gasteiger partial charge is 0.490 e. The van der Waals surface area contributed by atoms with E-state index in [1.807, 2.05) is 26.0 Å². The first kappa shape index (κ1) is 22.3. The van der Waals surface area contributed by atoms with Gasteiger partial charge in [-0.15, -0.1) is 0 Å². The zero-order valence-corrected chi connectivity index (χ0v) is 17.5. The van der Waals surface area contributed by atoms with Crippen LogP contribution < -0.4 is 14.8 Å². The van der Waals surface area contributed by atoms with Crippen LogP contribution in [0.15, 0.2) is 42.5 Å². The van der Waals surface area contributed by atoms with Gasteiger partial charge in [0.1, 0.15) is 0 Å². The van der Waals surface area contributed by atoms with E-state index in [0.717, 1.165) is 18.4 Å². The van der Waals surface area contributed by atoms with Crippen molar-refractivity contribution in [1.82, 2.24) is 0 Å². The van der Waals surface area contributed by atoms with Crippen molar-refractivity contribution in [3.63, 3.8) is 0 Å². The summed E-state index contributed by atoms with van der Waals surface area (Å²) in [5.41, 5.74) is 2.04. The minimum Gasteiger partial charge on any atom is -0.490 e. The van der Waals surface area contributed by atoms with E-state index in [-0.39, 0.29) is 0 Å². The molecule has 0 fully saturated rings. The van der Waals surface area contributed by atoms with E-state index < -0.39 is 18.0 Å². The van der Waals surface area contributed by atoms with E-state index >= 15 is 0 Å². The fourth-order valence-corrected chi connectivity index (χ4v) is 2.51. The monoisotopic (exact) mass is 399 g/mol. The molecule has 156 valence electrons. The maximum Gasteiger partial charge on any atom is 0.339 e. The van der Waals surface area contributed by atoms with Crippen LogP contribution >= 0.6 is 0 Å². The Balaban J connectivity index is 2.01. The molecule has 0 aliphatic rings. The summed E-state index contributed by atoms with van der Waals surface area (Å²) in [6.45, 7) is 8.47. The summed E-state index contributed by atoms with van der Waals surface area (Å²) in [6.07, 6.45) is 1.01. The zero-order chi connectivity index (χ0) is 21.2. The van der Waals surface area contributed by atoms with E-state index in [1.165, 1.54) is 6.92 Å². The number of nitrogens with one attached hydrogen (secondary N) is 1. The number of anilines is 1. The van der Waals surface area contributed by atoms with Crippen molar-refractivity contribution in [2.24, 2.45) is 0 Å². The van der Waals surface area contributed by atoms with Gasteiger partial charge in [0.25, 0.3) is 5.91 Å². The van der Waals surface area contributed by atoms with Crippen molar-refractivity contribution < 1.29 is 23.8 Å². The SMILES string of the molecule is CCCCOc1ccc(C(=O)O[C@@H](C)C(=O)Nc2ccc(C)cc2)cc1OCC. The Morgan fingerprint density at radius 3 is 2.38 bits per heavy atom. The molecule has 1 N–H and O–H groups in total. The third kappa shape index (κ3) is 6.82. The first-order valence-electron chi connectivity index (χ1n) is 9.92. The highest BCUT2D eigenvalue weighted by atomic mass is 16.5. The van der Waals surface area contributed by atoms with Crippen LogP contribution in [-0.4, -0.2) is 31.2 Å². The van der Waals surface area contributed by atoms with Gasteiger partial charge in [-0.2, -0.15) is 0 Å². The Morgan fingerprint density at radius 2 is 1.72 bits per heavy atom. The molecule has 0 aromatic heterocycles. The zero-order valence-electron chi connectivity index (χ0n) is 17.5. The molecule has 2 aromatic carbocycles. The van der Waals surface area contributed by atoms with Crippen molar-refractivity contribution in [2.45, 2.75) is 46.6 Å². The van der Waals surface area contributed by atoms with Gasteiger partial charge >= 0.3 is 5.97 Å². The Labute approximate surface area is 172 Å². The second kappa shape index (κ2) is 11.1. The highest BCUT2D eigenvalue weighted by Gasteiger charge is 2.20. The van der Waals surface area contributed by atoms with Crippen molar-refractivity contribution in [1.29, 1.82) is 0 Å². The second-order valence-electron chi connectivity index (χ2n) is 6.70. The van der Waals surface area contributed by atoms with Crippen LogP contribution in [0.25, 0.3) is 0 Å². The van der Waals surface area contributed by atoms with E-state index in [4.69, 9.17) is 14.2 Å². The van der Waals surface area contributed by atoms with Crippen LogP contribution in [0.4, 0.5) is 5.69 Å². The quantitative estimate of drug-likeness (QED) is 0.461. The van der Waals surface area contributed by atoms with Crippen LogP contribution in [0, 0.1) is 6.92 Å². The number of carbonyl (C=O) groups excluding carboxylic acids is 2. The summed E-state index contributed by atoms with van der Waals surface area (Å²) in [5, 5.41) is 2.73. The number of amides is 1. The van der Waals surface area contributed by atoms with E-state index in [0.29, 0.717) is 36.0 Å². The molecule has 2 rings (SSSR count). The molecule has 6 nitrogen and oxygen atoms in total. The number of unbranched alkanes of at least 4 members (excludes halogenated alkanes) is 1. The van der Waals surface area contributed by atoms with Crippen LogP contribution in [0.3, 0.4) is 0 Å². The van der Waals surface area contributed by atoms with Gasteiger partial charge in [0.2, 0.25) is 0 Å². The second-order valence-corrected chi connectivity index (χ2v) is 6.70. The molecule has 0 saturated heterocycles. The Morgan fingerprint density at radius 1 is 1.00 bits per heavy atom. The number of ether oxygens (including phenoxy) is 3. The number of hydrogen-bond donors (Lipinski definition) is 1. The summed E-state index contributed by atoms with van der Waals surface area (Å²) >= 11 is 0. The Bertz CT molecular complexity index is 817. The summed E-state index contributed by atoms with van der Waals surface area (Å²) < 4.78 is 16.6. The maximum absolute atomic E-state index is 12.5. The molecule has 0 aliphatic heterocycles. The molecule has 0 radical (unpaired) electrons. The van der Waals surface area contributed by atoms with Gasteiger partial charge in [0, 0.05) is 5.69 Å². The lowest BCUT2D eigenvalue weighted by atomic mass is 10.2. The molecular formula is C23H29NO5. The summed E-state index contributed by atoms with van der Waals surface area (Å²) in [4.78, 5) is 24.8. The Hall–Kier alpha value is -3.02. The first-order valence-corrected chi connectivity index (χ1v) is 9.92. The number of hydrogen-bond acceptors (Lipinski definition) is 5. The molecule has 6 heteroatoms. The molecule has 0 heterocycles. The molecule has 0 bridgehead atoms. The predicted molar refractivity (Wildman–Crippen MR) is 113 cm³/mol. The highest BCUT2D eigenvalue weighted by molar-refractivity contribution is 5.97. The van der Waals surface area contributed by atoms with Crippen LogP contribution in [0.5, 0.6) is 11.5 Å². The van der Waals surface area contributed by atoms with Crippen molar-refractivity contribution >= 4 is 17.6 Å². The van der Waals surface area contributed by atoms with Gasteiger partial charge in [0.15, 0.2) is 17.6 Å². The number of rotatable bonds is 10. The van der Waals surface area contributed by atoms with E-state index in [9.17, 15) is 9.59 Å². The van der Waals surface area contributed by atoms with Gasteiger partial charge in [-0.05, 0) is 57.5 Å². The van der Waals surface area contributed by atoms with Crippen LogP contribution in [0.2, 0.25) is 0 Å². The third-order valence-electron chi connectivity index (χ3n) is 4.21. The molecule has 1 amide bonds. The van der Waals surface area contributed by atoms with Crippen molar-refractivity contribution in [3.8, 4) is 11.5 Å². The molecule has 1 atom stereocenters. The number of esters is 1. The summed E-state index contributed by atoms with van der Waals surface area (Å²) in [5.74, 6) is 0.0706. The first-order chi connectivity index (χ1) is 13.9. The molecular weight excluding hydrogens is 370 g/mol. The number of benzene rings is 2. The fourth-order valence-electron chi connectivity index (χ4n) is 2.51. The average molecular weight is 399 g/mol. The Kier molecular flexibility index (Phi) is 8.52. The standard InChI is InChI=1S/C23H29NO5/c1-5-7-14-28-20-13-10-18(15-21(20)27-6-2)23(26)29-17(4)22(25)24-19-11-8-16(3)9-12-19/h8-13,15,17H,5-7,14H2,1-4H3,(H,24,25)/t17-/m0/s1. The van der Waals surface area contributed by atoms with E-state index in [1.54, 1.807) is 30.3 Å². The van der Waals surface area contributed by atoms with Gasteiger partial charge in [0.05, 0.1) is 18.8 Å². The third-order valence-corrected chi connectivity index (χ3v) is 4.21. The molecule has 0 saturated carbocycles. The minimum absolute atomic E-state index is 0.297. The van der Waals surface area contributed by atoms with Gasteiger partial charge in [-0.25, -0.2) is 4.79 Å². The summed E-state index contributed by atoms with van der Waals surface area (Å²) in [6, 6.07) is 12.3. The molecule has 0 aliphatic carbocycles. The smallest absolute Gasteiger partial charge is 0.339 e. The van der Waals surface area contributed by atoms with Crippen molar-refractivity contribution in [3.05, 3.63) is 53.6 Å². The maximum atomic E-state index is 12.5. The predicted octanol–water partition coefficient (Wildman–Crippen LogP) is 4.76. The number of aryl methyl sites for hydroxylation is 1. The number of carbonyl (C=O) groups is 2. The lowest BCUT2D eigenvalue weighted by molar-refractivity contribution is -0.123. The van der Waals surface area contributed by atoms with Gasteiger partial charge < -0.3 is 19.5 Å². The van der Waals surface area contributed by atoms with Crippen LogP contribution in [0.1, 0.15) is 49.5 Å². The topological polar surface area (TPSA) is 73.9 Å².